The van der Waals surface area contributed by atoms with Crippen molar-refractivity contribution >= 4 is 11.9 Å². The van der Waals surface area contributed by atoms with Gasteiger partial charge in [-0.25, -0.2) is 0 Å². The summed E-state index contributed by atoms with van der Waals surface area (Å²) in [5, 5.41) is 8.70. The lowest BCUT2D eigenvalue weighted by Gasteiger charge is -2.38. The topological polar surface area (TPSA) is 57.6 Å². The van der Waals surface area contributed by atoms with Crippen LogP contribution in [0.3, 0.4) is 0 Å². The highest BCUT2D eigenvalue weighted by molar-refractivity contribution is 5.80. The van der Waals surface area contributed by atoms with Crippen molar-refractivity contribution in [3.8, 4) is 0 Å². The number of aliphatic carboxylic acids is 1. The zero-order valence-electron chi connectivity index (χ0n) is 11.5. The molecule has 1 aromatic carbocycles. The molecule has 20 heavy (non-hydrogen) atoms. The third-order valence-corrected chi connectivity index (χ3v) is 4.29. The monoisotopic (exact) mass is 273 g/mol. The van der Waals surface area contributed by atoms with E-state index in [0.29, 0.717) is 19.5 Å². The molecule has 106 valence electrons. The zero-order chi connectivity index (χ0) is 14.1. The molecule has 0 aromatic heterocycles. The van der Waals surface area contributed by atoms with Crippen molar-refractivity contribution in [2.75, 3.05) is 13.1 Å². The molecular weight excluding hydrogens is 254 g/mol. The molecule has 4 nitrogen and oxygen atoms in total. The number of hydrogen-bond donors (Lipinski definition) is 1. The normalized spacial score (nSPS) is 17.7. The Kier molecular flexibility index (Phi) is 3.47. The van der Waals surface area contributed by atoms with E-state index in [9.17, 15) is 9.59 Å². The maximum absolute atomic E-state index is 12.1. The van der Waals surface area contributed by atoms with E-state index in [2.05, 4.69) is 18.2 Å². The molecule has 2 aliphatic rings. The molecule has 0 saturated carbocycles. The van der Waals surface area contributed by atoms with Gasteiger partial charge in [0.2, 0.25) is 5.91 Å². The van der Waals surface area contributed by atoms with Crippen molar-refractivity contribution in [3.63, 3.8) is 0 Å². The fourth-order valence-corrected chi connectivity index (χ4v) is 3.17. The van der Waals surface area contributed by atoms with Crippen molar-refractivity contribution in [3.05, 3.63) is 34.9 Å². The SMILES string of the molecule is O=C(O)CC1CN(C(=O)Cc2ccc3c(c2)CCC3)C1. The molecule has 1 aromatic rings. The van der Waals surface area contributed by atoms with E-state index in [1.807, 2.05) is 0 Å². The molecule has 1 N–H and O–H groups in total. The Labute approximate surface area is 118 Å². The van der Waals surface area contributed by atoms with Crippen molar-refractivity contribution in [2.24, 2.45) is 5.92 Å². The van der Waals surface area contributed by atoms with Gasteiger partial charge in [0.25, 0.3) is 0 Å². The molecule has 0 bridgehead atoms. The summed E-state index contributed by atoms with van der Waals surface area (Å²) in [7, 11) is 0. The summed E-state index contributed by atoms with van der Waals surface area (Å²) in [5.74, 6) is -0.526. The van der Waals surface area contributed by atoms with E-state index in [0.717, 1.165) is 18.4 Å². The average molecular weight is 273 g/mol. The van der Waals surface area contributed by atoms with E-state index in [1.54, 1.807) is 4.90 Å². The molecule has 1 fully saturated rings. The van der Waals surface area contributed by atoms with E-state index in [-0.39, 0.29) is 18.2 Å². The van der Waals surface area contributed by atoms with Crippen LogP contribution < -0.4 is 0 Å². The third kappa shape index (κ3) is 2.69. The van der Waals surface area contributed by atoms with E-state index < -0.39 is 5.97 Å². The van der Waals surface area contributed by atoms with Gasteiger partial charge in [0, 0.05) is 19.0 Å². The van der Waals surface area contributed by atoms with Crippen LogP contribution in [0.5, 0.6) is 0 Å². The van der Waals surface area contributed by atoms with Crippen molar-refractivity contribution in [1.82, 2.24) is 4.90 Å². The second-order valence-corrected chi connectivity index (χ2v) is 5.90. The number of carboxylic acids is 1. The Morgan fingerprint density at radius 2 is 1.95 bits per heavy atom. The van der Waals surface area contributed by atoms with Crippen LogP contribution in [0.1, 0.15) is 29.5 Å². The van der Waals surface area contributed by atoms with E-state index >= 15 is 0 Å². The van der Waals surface area contributed by atoms with Crippen molar-refractivity contribution in [1.29, 1.82) is 0 Å². The Morgan fingerprint density at radius 3 is 2.70 bits per heavy atom. The second kappa shape index (κ2) is 5.27. The van der Waals surface area contributed by atoms with E-state index in [1.165, 1.54) is 17.5 Å². The Bertz CT molecular complexity index is 547. The van der Waals surface area contributed by atoms with Gasteiger partial charge in [0.15, 0.2) is 0 Å². The number of carbonyl (C=O) groups excluding carboxylic acids is 1. The van der Waals surface area contributed by atoms with Gasteiger partial charge in [-0.3, -0.25) is 9.59 Å². The number of carbonyl (C=O) groups is 2. The van der Waals surface area contributed by atoms with Crippen molar-refractivity contribution in [2.45, 2.75) is 32.1 Å². The average Bonchev–Trinajstić information content (AvgIpc) is 2.80. The summed E-state index contributed by atoms with van der Waals surface area (Å²) < 4.78 is 0. The summed E-state index contributed by atoms with van der Waals surface area (Å²) in [4.78, 5) is 24.4. The first kappa shape index (κ1) is 13.2. The molecule has 0 spiro atoms. The summed E-state index contributed by atoms with van der Waals surface area (Å²) in [5.41, 5.74) is 3.90. The van der Waals surface area contributed by atoms with Crippen molar-refractivity contribution < 1.29 is 14.7 Å². The van der Waals surface area contributed by atoms with Crippen LogP contribution in [0.2, 0.25) is 0 Å². The maximum atomic E-state index is 12.1. The minimum absolute atomic E-state index is 0.115. The summed E-state index contributed by atoms with van der Waals surface area (Å²) >= 11 is 0. The first-order valence-corrected chi connectivity index (χ1v) is 7.22. The van der Waals surface area contributed by atoms with Gasteiger partial charge >= 0.3 is 5.97 Å². The van der Waals surface area contributed by atoms with Crippen LogP contribution in [-0.2, 0) is 28.9 Å². The van der Waals surface area contributed by atoms with Gasteiger partial charge in [0.05, 0.1) is 12.8 Å². The number of rotatable bonds is 4. The first-order chi connectivity index (χ1) is 9.61. The number of carboxylic acid groups (broad SMARTS) is 1. The number of amides is 1. The smallest absolute Gasteiger partial charge is 0.303 e. The standard InChI is InChI=1S/C16H19NO3/c18-15(17-9-12(10-17)8-16(19)20)7-11-4-5-13-2-1-3-14(13)6-11/h4-6,12H,1-3,7-10H2,(H,19,20). The number of likely N-dealkylation sites (tertiary alicyclic amines) is 1. The number of hydrogen-bond acceptors (Lipinski definition) is 2. The maximum Gasteiger partial charge on any atom is 0.303 e. The molecule has 1 heterocycles. The molecule has 3 rings (SSSR count). The van der Waals surface area contributed by atoms with Gasteiger partial charge in [-0.05, 0) is 36.0 Å². The fraction of sp³-hybridized carbons (Fsp3) is 0.500. The van der Waals surface area contributed by atoms with Crippen LogP contribution in [0.4, 0.5) is 0 Å². The number of aryl methyl sites for hydroxylation is 2. The lowest BCUT2D eigenvalue weighted by molar-refractivity contribution is -0.144. The van der Waals surface area contributed by atoms with Gasteiger partial charge in [-0.1, -0.05) is 18.2 Å². The van der Waals surface area contributed by atoms with E-state index in [4.69, 9.17) is 5.11 Å². The lowest BCUT2D eigenvalue weighted by Crippen LogP contribution is -2.51. The molecule has 0 unspecified atom stereocenters. The van der Waals surface area contributed by atoms with Crippen LogP contribution in [0.25, 0.3) is 0 Å². The summed E-state index contributed by atoms with van der Waals surface area (Å²) in [6.45, 7) is 1.19. The number of fused-ring (bicyclic) bond motifs is 1. The molecule has 1 aliphatic carbocycles. The Morgan fingerprint density at radius 1 is 1.20 bits per heavy atom. The lowest BCUT2D eigenvalue weighted by atomic mass is 9.95. The molecule has 4 heteroatoms. The largest absolute Gasteiger partial charge is 0.481 e. The second-order valence-electron chi connectivity index (χ2n) is 5.90. The number of benzene rings is 1. The zero-order valence-corrected chi connectivity index (χ0v) is 11.5. The molecule has 1 aliphatic heterocycles. The third-order valence-electron chi connectivity index (χ3n) is 4.29. The van der Waals surface area contributed by atoms with Crippen LogP contribution in [0.15, 0.2) is 18.2 Å². The minimum atomic E-state index is -0.777. The predicted octanol–water partition coefficient (Wildman–Crippen LogP) is 1.65. The fourth-order valence-electron chi connectivity index (χ4n) is 3.17. The van der Waals surface area contributed by atoms with Gasteiger partial charge in [-0.2, -0.15) is 0 Å². The number of nitrogens with zero attached hydrogens (tertiary/aromatic N) is 1. The van der Waals surface area contributed by atoms with Gasteiger partial charge in [-0.15, -0.1) is 0 Å². The van der Waals surface area contributed by atoms with Gasteiger partial charge in [0.1, 0.15) is 0 Å². The summed E-state index contributed by atoms with van der Waals surface area (Å²) in [6.07, 6.45) is 4.11. The van der Waals surface area contributed by atoms with Crippen LogP contribution in [-0.4, -0.2) is 35.0 Å². The Balaban J connectivity index is 1.54. The first-order valence-electron chi connectivity index (χ1n) is 7.22. The van der Waals surface area contributed by atoms with Gasteiger partial charge < -0.3 is 10.0 Å². The summed E-state index contributed by atoms with van der Waals surface area (Å²) in [6, 6.07) is 6.36. The molecule has 1 saturated heterocycles. The van der Waals surface area contributed by atoms with Crippen LogP contribution in [0, 0.1) is 5.92 Å². The molecular formula is C16H19NO3. The Hall–Kier alpha value is -1.84. The molecule has 0 atom stereocenters. The highest BCUT2D eigenvalue weighted by Crippen LogP contribution is 2.24. The molecule has 0 radical (unpaired) electrons. The molecule has 1 amide bonds. The predicted molar refractivity (Wildman–Crippen MR) is 74.5 cm³/mol. The van der Waals surface area contributed by atoms with Crippen LogP contribution >= 0.6 is 0 Å². The quantitative estimate of drug-likeness (QED) is 0.907. The highest BCUT2D eigenvalue weighted by atomic mass is 16.4. The highest BCUT2D eigenvalue weighted by Gasteiger charge is 2.31. The minimum Gasteiger partial charge on any atom is -0.481 e.